The number of rotatable bonds is 3. The van der Waals surface area contributed by atoms with Crippen LogP contribution in [0.25, 0.3) is 0 Å². The van der Waals surface area contributed by atoms with Gasteiger partial charge in [0.25, 0.3) is 0 Å². The molecule has 2 unspecified atom stereocenters. The first-order chi connectivity index (χ1) is 14.9. The van der Waals surface area contributed by atoms with Crippen molar-refractivity contribution in [2.45, 2.75) is 90.5 Å². The molecule has 2 aliphatic heterocycles. The zero-order chi connectivity index (χ0) is 23.7. The fourth-order valence-corrected chi connectivity index (χ4v) is 4.49. The average molecular weight is 447 g/mol. The first-order valence-corrected chi connectivity index (χ1v) is 11.6. The summed E-state index contributed by atoms with van der Waals surface area (Å²) >= 11 is 0. The second kappa shape index (κ2) is 9.20. The van der Waals surface area contributed by atoms with Crippen LogP contribution in [0.2, 0.25) is 0 Å². The van der Waals surface area contributed by atoms with E-state index in [1.54, 1.807) is 12.0 Å². The van der Waals surface area contributed by atoms with Gasteiger partial charge in [-0.1, -0.05) is 12.1 Å². The predicted octanol–water partition coefficient (Wildman–Crippen LogP) is 5.84. The number of methoxy groups -OCH3 is 1. The predicted molar refractivity (Wildman–Crippen MR) is 123 cm³/mol. The Kier molecular flexibility index (Phi) is 6.96. The molecule has 0 saturated carbocycles. The minimum Gasteiger partial charge on any atom is -0.496 e. The zero-order valence-electron chi connectivity index (χ0n) is 20.6. The molecule has 0 bridgehead atoms. The zero-order valence-corrected chi connectivity index (χ0v) is 20.6. The SMILES string of the molecule is COc1cc(C2CCCN2C(=O)OC(C)(C)C)ccc1C1CCCN1C(=O)OC(C)(C)C. The fourth-order valence-electron chi connectivity index (χ4n) is 4.49. The minimum atomic E-state index is -0.536. The molecule has 2 saturated heterocycles. The molecule has 1 aromatic carbocycles. The third-order valence-electron chi connectivity index (χ3n) is 5.76. The monoisotopic (exact) mass is 446 g/mol. The minimum absolute atomic E-state index is 0.0432. The van der Waals surface area contributed by atoms with Crippen LogP contribution in [-0.2, 0) is 9.47 Å². The van der Waals surface area contributed by atoms with Gasteiger partial charge in [-0.05, 0) is 78.9 Å². The van der Waals surface area contributed by atoms with Crippen molar-refractivity contribution < 1.29 is 23.8 Å². The van der Waals surface area contributed by atoms with Gasteiger partial charge in [-0.2, -0.15) is 0 Å². The molecule has 0 aromatic heterocycles. The average Bonchev–Trinajstić information content (AvgIpc) is 3.34. The van der Waals surface area contributed by atoms with E-state index in [9.17, 15) is 9.59 Å². The van der Waals surface area contributed by atoms with Crippen LogP contribution in [0.15, 0.2) is 18.2 Å². The number of benzene rings is 1. The third kappa shape index (κ3) is 5.67. The van der Waals surface area contributed by atoms with E-state index in [-0.39, 0.29) is 24.3 Å². The second-order valence-electron chi connectivity index (χ2n) is 10.7. The maximum atomic E-state index is 12.8. The first kappa shape index (κ1) is 24.2. The van der Waals surface area contributed by atoms with Gasteiger partial charge < -0.3 is 24.0 Å². The van der Waals surface area contributed by atoms with Gasteiger partial charge in [0.1, 0.15) is 17.0 Å². The van der Waals surface area contributed by atoms with Crippen molar-refractivity contribution in [1.29, 1.82) is 0 Å². The molecule has 0 N–H and O–H groups in total. The summed E-state index contributed by atoms with van der Waals surface area (Å²) in [6, 6.07) is 5.97. The molecular weight excluding hydrogens is 408 g/mol. The highest BCUT2D eigenvalue weighted by atomic mass is 16.6. The number of amides is 2. The molecule has 7 nitrogen and oxygen atoms in total. The van der Waals surface area contributed by atoms with Crippen molar-refractivity contribution in [3.63, 3.8) is 0 Å². The lowest BCUT2D eigenvalue weighted by Gasteiger charge is -2.31. The Morgan fingerprint density at radius 1 is 0.844 bits per heavy atom. The van der Waals surface area contributed by atoms with E-state index in [0.717, 1.165) is 42.6 Å². The van der Waals surface area contributed by atoms with Crippen molar-refractivity contribution >= 4 is 12.2 Å². The Morgan fingerprint density at radius 3 is 1.84 bits per heavy atom. The number of likely N-dealkylation sites (tertiary alicyclic amines) is 2. The van der Waals surface area contributed by atoms with Crippen molar-refractivity contribution in [1.82, 2.24) is 9.80 Å². The molecule has 3 rings (SSSR count). The maximum absolute atomic E-state index is 12.8. The van der Waals surface area contributed by atoms with E-state index < -0.39 is 11.2 Å². The van der Waals surface area contributed by atoms with Crippen LogP contribution in [0.5, 0.6) is 5.75 Å². The molecule has 0 radical (unpaired) electrons. The molecule has 2 amide bonds. The van der Waals surface area contributed by atoms with Gasteiger partial charge in [-0.25, -0.2) is 9.59 Å². The number of hydrogen-bond acceptors (Lipinski definition) is 5. The van der Waals surface area contributed by atoms with E-state index in [4.69, 9.17) is 14.2 Å². The summed E-state index contributed by atoms with van der Waals surface area (Å²) in [4.78, 5) is 29.1. The van der Waals surface area contributed by atoms with E-state index in [2.05, 4.69) is 6.07 Å². The van der Waals surface area contributed by atoms with E-state index in [1.165, 1.54) is 0 Å². The van der Waals surface area contributed by atoms with Crippen molar-refractivity contribution in [2.75, 3.05) is 20.2 Å². The molecule has 1 aromatic rings. The number of carbonyl (C=O) groups is 2. The van der Waals surface area contributed by atoms with Gasteiger partial charge in [0.15, 0.2) is 0 Å². The summed E-state index contributed by atoms with van der Waals surface area (Å²) in [6.07, 6.45) is 3.03. The van der Waals surface area contributed by atoms with Crippen molar-refractivity contribution in [3.8, 4) is 5.75 Å². The summed E-state index contributed by atoms with van der Waals surface area (Å²) in [5.74, 6) is 0.735. The van der Waals surface area contributed by atoms with Gasteiger partial charge in [-0.15, -0.1) is 0 Å². The van der Waals surface area contributed by atoms with Crippen LogP contribution in [0.4, 0.5) is 9.59 Å². The number of nitrogens with zero attached hydrogens (tertiary/aromatic N) is 2. The highest BCUT2D eigenvalue weighted by molar-refractivity contribution is 5.70. The summed E-state index contributed by atoms with van der Waals surface area (Å²) in [6.45, 7) is 12.6. The first-order valence-electron chi connectivity index (χ1n) is 11.6. The number of hydrogen-bond donors (Lipinski definition) is 0. The van der Waals surface area contributed by atoms with E-state index >= 15 is 0 Å². The van der Waals surface area contributed by atoms with E-state index in [1.807, 2.05) is 58.6 Å². The largest absolute Gasteiger partial charge is 0.496 e. The Morgan fingerprint density at radius 2 is 1.34 bits per heavy atom. The Balaban J connectivity index is 1.83. The molecule has 32 heavy (non-hydrogen) atoms. The molecule has 0 spiro atoms. The van der Waals surface area contributed by atoms with Gasteiger partial charge in [-0.3, -0.25) is 0 Å². The molecule has 2 heterocycles. The van der Waals surface area contributed by atoms with Crippen LogP contribution in [0, 0.1) is 0 Å². The molecule has 178 valence electrons. The highest BCUT2D eigenvalue weighted by Gasteiger charge is 2.36. The highest BCUT2D eigenvalue weighted by Crippen LogP contribution is 2.41. The van der Waals surface area contributed by atoms with Crippen molar-refractivity contribution in [2.24, 2.45) is 0 Å². The van der Waals surface area contributed by atoms with Gasteiger partial charge in [0.05, 0.1) is 19.2 Å². The Labute approximate surface area is 192 Å². The molecule has 0 aliphatic carbocycles. The molecule has 2 fully saturated rings. The third-order valence-corrected chi connectivity index (χ3v) is 5.76. The summed E-state index contributed by atoms with van der Waals surface area (Å²) in [7, 11) is 1.65. The van der Waals surface area contributed by atoms with Crippen LogP contribution in [-0.4, -0.2) is 53.4 Å². The maximum Gasteiger partial charge on any atom is 0.410 e. The normalized spacial score (nSPS) is 21.6. The Bertz CT molecular complexity index is 840. The van der Waals surface area contributed by atoms with Crippen LogP contribution in [0.3, 0.4) is 0 Å². The molecule has 2 aliphatic rings. The van der Waals surface area contributed by atoms with Gasteiger partial charge in [0.2, 0.25) is 0 Å². The standard InChI is InChI=1S/C25H38N2O5/c1-24(2,3)31-22(28)26-14-8-10-19(26)17-12-13-18(21(16-17)30-7)20-11-9-15-27(20)23(29)32-25(4,5)6/h12-13,16,19-20H,8-11,14-15H2,1-7H3. The lowest BCUT2D eigenvalue weighted by atomic mass is 9.97. The molecule has 7 heteroatoms. The summed E-state index contributed by atoms with van der Waals surface area (Å²) in [5.41, 5.74) is 0.933. The fraction of sp³-hybridized carbons (Fsp3) is 0.680. The summed E-state index contributed by atoms with van der Waals surface area (Å²) in [5, 5.41) is 0. The van der Waals surface area contributed by atoms with Crippen LogP contribution in [0.1, 0.15) is 90.4 Å². The van der Waals surface area contributed by atoms with Gasteiger partial charge in [0, 0.05) is 18.7 Å². The van der Waals surface area contributed by atoms with Crippen LogP contribution >= 0.6 is 0 Å². The molecular formula is C25H38N2O5. The smallest absolute Gasteiger partial charge is 0.410 e. The van der Waals surface area contributed by atoms with Crippen LogP contribution < -0.4 is 4.74 Å². The topological polar surface area (TPSA) is 68.3 Å². The van der Waals surface area contributed by atoms with Gasteiger partial charge >= 0.3 is 12.2 Å². The molecule has 2 atom stereocenters. The lowest BCUT2D eigenvalue weighted by Crippen LogP contribution is -2.37. The number of carbonyl (C=O) groups excluding carboxylic acids is 2. The number of ether oxygens (including phenoxy) is 3. The van der Waals surface area contributed by atoms with E-state index in [0.29, 0.717) is 13.1 Å². The Hall–Kier alpha value is -2.44. The quantitative estimate of drug-likeness (QED) is 0.583. The lowest BCUT2D eigenvalue weighted by molar-refractivity contribution is 0.0210. The van der Waals surface area contributed by atoms with Crippen molar-refractivity contribution in [3.05, 3.63) is 29.3 Å². The summed E-state index contributed by atoms with van der Waals surface area (Å²) < 4.78 is 17.0. The second-order valence-corrected chi connectivity index (χ2v) is 10.7.